The van der Waals surface area contributed by atoms with Gasteiger partial charge in [0.1, 0.15) is 0 Å². The molecule has 3 aromatic rings. The largest absolute Gasteiger partial charge is 0.478 e. The molecule has 3 rings (SSSR count). The van der Waals surface area contributed by atoms with Crippen LogP contribution in [0.25, 0.3) is 11.1 Å². The van der Waals surface area contributed by atoms with Crippen LogP contribution >= 0.6 is 24.0 Å². The minimum Gasteiger partial charge on any atom is -0.478 e. The summed E-state index contributed by atoms with van der Waals surface area (Å²) < 4.78 is 0. The van der Waals surface area contributed by atoms with Crippen LogP contribution in [0.3, 0.4) is 0 Å². The molecular weight excluding hydrogens is 421 g/mol. The van der Waals surface area contributed by atoms with Crippen LogP contribution in [0.2, 0.25) is 5.02 Å². The number of nitrogens with one attached hydrogen (secondary N) is 1. The summed E-state index contributed by atoms with van der Waals surface area (Å²) in [5, 5.41) is 23.7. The smallest absolute Gasteiger partial charge is 0.335 e. The molecule has 1 atom stereocenters. The number of hydrogen-bond donors (Lipinski definition) is 3. The maximum absolute atomic E-state index is 11.7. The lowest BCUT2D eigenvalue weighted by Gasteiger charge is -2.15. The predicted octanol–water partition coefficient (Wildman–Crippen LogP) is 5.38. The van der Waals surface area contributed by atoms with Crippen molar-refractivity contribution in [2.24, 2.45) is 0 Å². The van der Waals surface area contributed by atoms with Gasteiger partial charge in [0.25, 0.3) is 0 Å². The van der Waals surface area contributed by atoms with Gasteiger partial charge in [-0.15, -0.1) is 12.4 Å². The number of hydrogen-bond acceptors (Lipinski definition) is 3. The highest BCUT2D eigenvalue weighted by molar-refractivity contribution is 6.30. The molecule has 0 unspecified atom stereocenters. The van der Waals surface area contributed by atoms with Crippen molar-refractivity contribution in [2.75, 3.05) is 13.1 Å². The van der Waals surface area contributed by atoms with E-state index in [0.717, 1.165) is 28.7 Å². The number of aliphatic hydroxyl groups excluding tert-OH is 1. The number of carbonyl (C=O) groups is 1. The molecule has 6 heteroatoms. The number of halogens is 2. The SMILES string of the molecule is Cl.O=C(O)c1cccc(-c2ccccc2)c1CCCNC[C@H](O)c1cccc(Cl)c1. The van der Waals surface area contributed by atoms with Gasteiger partial charge in [-0.1, -0.05) is 66.2 Å². The van der Waals surface area contributed by atoms with Crippen molar-refractivity contribution in [3.63, 3.8) is 0 Å². The molecule has 30 heavy (non-hydrogen) atoms. The zero-order valence-corrected chi connectivity index (χ0v) is 18.0. The van der Waals surface area contributed by atoms with E-state index in [1.165, 1.54) is 0 Å². The minimum absolute atomic E-state index is 0. The summed E-state index contributed by atoms with van der Waals surface area (Å²) in [5.74, 6) is -0.915. The van der Waals surface area contributed by atoms with Gasteiger partial charge in [-0.3, -0.25) is 0 Å². The molecule has 0 aromatic heterocycles. The van der Waals surface area contributed by atoms with Crippen LogP contribution in [0.5, 0.6) is 0 Å². The third kappa shape index (κ3) is 6.31. The quantitative estimate of drug-likeness (QED) is 0.386. The van der Waals surface area contributed by atoms with Crippen molar-refractivity contribution in [1.82, 2.24) is 5.32 Å². The number of carboxylic acids is 1. The monoisotopic (exact) mass is 445 g/mol. The Hall–Kier alpha value is -2.37. The van der Waals surface area contributed by atoms with Gasteiger partial charge in [0, 0.05) is 11.6 Å². The van der Waals surface area contributed by atoms with Crippen LogP contribution in [0.4, 0.5) is 0 Å². The highest BCUT2D eigenvalue weighted by atomic mass is 35.5. The van der Waals surface area contributed by atoms with E-state index in [9.17, 15) is 15.0 Å². The summed E-state index contributed by atoms with van der Waals surface area (Å²) in [4.78, 5) is 11.7. The van der Waals surface area contributed by atoms with Crippen LogP contribution in [0.15, 0.2) is 72.8 Å². The lowest BCUT2D eigenvalue weighted by atomic mass is 9.92. The fraction of sp³-hybridized carbons (Fsp3) is 0.208. The summed E-state index contributed by atoms with van der Waals surface area (Å²) in [7, 11) is 0. The minimum atomic E-state index is -0.915. The molecule has 0 bridgehead atoms. The van der Waals surface area contributed by atoms with Crippen LogP contribution in [0, 0.1) is 0 Å². The fourth-order valence-corrected chi connectivity index (χ4v) is 3.60. The lowest BCUT2D eigenvalue weighted by Crippen LogP contribution is -2.23. The topological polar surface area (TPSA) is 69.6 Å². The Kier molecular flexibility index (Phi) is 9.34. The van der Waals surface area contributed by atoms with E-state index < -0.39 is 12.1 Å². The van der Waals surface area contributed by atoms with Gasteiger partial charge in [-0.25, -0.2) is 4.79 Å². The molecule has 158 valence electrons. The number of benzene rings is 3. The first-order valence-corrected chi connectivity index (χ1v) is 9.99. The van der Waals surface area contributed by atoms with Crippen LogP contribution in [-0.4, -0.2) is 29.3 Å². The third-order valence-corrected chi connectivity index (χ3v) is 5.08. The Morgan fingerprint density at radius 1 is 1.00 bits per heavy atom. The molecule has 0 aliphatic heterocycles. The lowest BCUT2D eigenvalue weighted by molar-refractivity contribution is 0.0695. The second-order valence-corrected chi connectivity index (χ2v) is 7.32. The molecule has 0 saturated heterocycles. The first kappa shape index (κ1) is 23.9. The Balaban J connectivity index is 0.00000320. The van der Waals surface area contributed by atoms with Crippen molar-refractivity contribution in [3.8, 4) is 11.1 Å². The molecule has 3 N–H and O–H groups in total. The summed E-state index contributed by atoms with van der Waals surface area (Å²) in [6, 6.07) is 22.4. The van der Waals surface area contributed by atoms with Crippen molar-refractivity contribution in [1.29, 1.82) is 0 Å². The number of carboxylic acid groups (broad SMARTS) is 1. The van der Waals surface area contributed by atoms with E-state index in [-0.39, 0.29) is 12.4 Å². The van der Waals surface area contributed by atoms with E-state index in [1.807, 2.05) is 48.5 Å². The highest BCUT2D eigenvalue weighted by Crippen LogP contribution is 2.27. The molecule has 0 radical (unpaired) electrons. The number of aromatic carboxylic acids is 1. The van der Waals surface area contributed by atoms with Crippen LogP contribution in [0.1, 0.15) is 34.0 Å². The zero-order chi connectivity index (χ0) is 20.6. The maximum atomic E-state index is 11.7. The Bertz CT molecular complexity index is 964. The average molecular weight is 446 g/mol. The van der Waals surface area contributed by atoms with E-state index >= 15 is 0 Å². The van der Waals surface area contributed by atoms with Crippen molar-refractivity contribution >= 4 is 30.0 Å². The fourth-order valence-electron chi connectivity index (χ4n) is 3.41. The van der Waals surface area contributed by atoms with E-state index in [2.05, 4.69) is 5.32 Å². The van der Waals surface area contributed by atoms with Gasteiger partial charge in [-0.2, -0.15) is 0 Å². The zero-order valence-electron chi connectivity index (χ0n) is 16.4. The second kappa shape index (κ2) is 11.7. The molecular formula is C24H25Cl2NO3. The second-order valence-electron chi connectivity index (χ2n) is 6.88. The number of rotatable bonds is 9. The number of aliphatic hydroxyl groups is 1. The van der Waals surface area contributed by atoms with Crippen molar-refractivity contribution < 1.29 is 15.0 Å². The van der Waals surface area contributed by atoms with Crippen LogP contribution in [-0.2, 0) is 6.42 Å². The molecule has 0 amide bonds. The van der Waals surface area contributed by atoms with Gasteiger partial charge in [0.15, 0.2) is 0 Å². The molecule has 0 fully saturated rings. The van der Waals surface area contributed by atoms with E-state index in [1.54, 1.807) is 24.3 Å². The van der Waals surface area contributed by atoms with E-state index in [4.69, 9.17) is 11.6 Å². The predicted molar refractivity (Wildman–Crippen MR) is 124 cm³/mol. The molecule has 0 aliphatic rings. The van der Waals surface area contributed by atoms with Crippen molar-refractivity contribution in [3.05, 3.63) is 94.5 Å². The standard InChI is InChI=1S/C24H24ClNO3.ClH/c25-19-10-4-9-18(15-19)23(27)16-26-14-6-13-21-20(17-7-2-1-3-8-17)11-5-12-22(21)24(28)29;/h1-5,7-12,15,23,26-27H,6,13-14,16H2,(H,28,29);1H/t23-;/m0./s1. The molecule has 0 saturated carbocycles. The first-order chi connectivity index (χ1) is 14.1. The summed E-state index contributed by atoms with van der Waals surface area (Å²) in [6.45, 7) is 1.08. The van der Waals surface area contributed by atoms with Crippen LogP contribution < -0.4 is 5.32 Å². The van der Waals surface area contributed by atoms with Gasteiger partial charge in [0.05, 0.1) is 11.7 Å². The molecule has 0 aliphatic carbocycles. The summed E-state index contributed by atoms with van der Waals surface area (Å²) in [6.07, 6.45) is 0.749. The van der Waals surface area contributed by atoms with Gasteiger partial charge >= 0.3 is 5.97 Å². The Morgan fingerprint density at radius 3 is 2.43 bits per heavy atom. The van der Waals surface area contributed by atoms with Gasteiger partial charge in [-0.05, 0) is 59.8 Å². The van der Waals surface area contributed by atoms with Crippen molar-refractivity contribution in [2.45, 2.75) is 18.9 Å². The average Bonchev–Trinajstić information content (AvgIpc) is 2.73. The van der Waals surface area contributed by atoms with Gasteiger partial charge < -0.3 is 15.5 Å². The molecule has 3 aromatic carbocycles. The highest BCUT2D eigenvalue weighted by Gasteiger charge is 2.15. The Morgan fingerprint density at radius 2 is 1.73 bits per heavy atom. The summed E-state index contributed by atoms with van der Waals surface area (Å²) >= 11 is 5.97. The normalized spacial score (nSPS) is 11.5. The first-order valence-electron chi connectivity index (χ1n) is 9.61. The Labute approximate surface area is 187 Å². The molecule has 4 nitrogen and oxygen atoms in total. The third-order valence-electron chi connectivity index (χ3n) is 4.84. The summed E-state index contributed by atoms with van der Waals surface area (Å²) in [5.41, 5.74) is 3.90. The van der Waals surface area contributed by atoms with E-state index in [0.29, 0.717) is 30.1 Å². The van der Waals surface area contributed by atoms with Gasteiger partial charge in [0.2, 0.25) is 0 Å². The maximum Gasteiger partial charge on any atom is 0.335 e. The molecule has 0 heterocycles. The molecule has 0 spiro atoms.